The van der Waals surface area contributed by atoms with E-state index < -0.39 is 17.6 Å². The van der Waals surface area contributed by atoms with Crippen molar-refractivity contribution >= 4 is 33.2 Å². The fourth-order valence-electron chi connectivity index (χ4n) is 5.77. The molecular formula is C31H27FN4O5S. The lowest BCUT2D eigenvalue weighted by atomic mass is 9.98. The Morgan fingerprint density at radius 3 is 2.83 bits per heavy atom. The lowest BCUT2D eigenvalue weighted by Crippen LogP contribution is -2.34. The number of halogens is 1. The first-order valence-corrected chi connectivity index (χ1v) is 14.6. The molecule has 2 unspecified atom stereocenters. The van der Waals surface area contributed by atoms with Crippen LogP contribution in [0.4, 0.5) is 4.39 Å². The van der Waals surface area contributed by atoms with Crippen LogP contribution in [0.5, 0.6) is 11.5 Å². The van der Waals surface area contributed by atoms with Gasteiger partial charge in [-0.2, -0.15) is 5.26 Å². The zero-order valence-electron chi connectivity index (χ0n) is 22.8. The number of carboxylic acids is 1. The molecule has 0 saturated carbocycles. The Bertz CT molecular complexity index is 1800. The van der Waals surface area contributed by atoms with Gasteiger partial charge in [-0.25, -0.2) is 14.2 Å². The number of aromatic carboxylic acids is 1. The molecule has 0 amide bonds. The molecule has 214 valence electrons. The van der Waals surface area contributed by atoms with Gasteiger partial charge in [0.15, 0.2) is 11.5 Å². The molecule has 5 heterocycles. The number of benzene rings is 2. The molecule has 3 aliphatic rings. The number of nitriles is 1. The van der Waals surface area contributed by atoms with Gasteiger partial charge < -0.3 is 23.9 Å². The number of rotatable bonds is 7. The van der Waals surface area contributed by atoms with Crippen LogP contribution in [0.1, 0.15) is 52.0 Å². The fourth-order valence-corrected chi connectivity index (χ4v) is 6.66. The average molecular weight is 587 g/mol. The van der Waals surface area contributed by atoms with Crippen LogP contribution in [-0.2, 0) is 23.6 Å². The Labute approximate surface area is 245 Å². The number of aromatic nitrogens is 2. The van der Waals surface area contributed by atoms with E-state index in [9.17, 15) is 14.3 Å². The van der Waals surface area contributed by atoms with Crippen LogP contribution < -0.4 is 9.47 Å². The third kappa shape index (κ3) is 4.61. The van der Waals surface area contributed by atoms with Crippen molar-refractivity contribution in [2.45, 2.75) is 44.7 Å². The minimum Gasteiger partial charge on any atom is -0.477 e. The van der Waals surface area contributed by atoms with Gasteiger partial charge in [0.1, 0.15) is 21.3 Å². The van der Waals surface area contributed by atoms with E-state index in [4.69, 9.17) is 24.5 Å². The van der Waals surface area contributed by atoms with Crippen molar-refractivity contribution in [3.8, 4) is 17.6 Å². The van der Waals surface area contributed by atoms with Gasteiger partial charge in [-0.1, -0.05) is 18.2 Å². The standard InChI is InChI=1S/C31H27FN4O5S/c1-31(22-6-5-18(15-33)13-23(22)32)40-25-4-2-3-21(28(25)41-31)19-7-10-35(11-8-19)17-27-34-29-24(14-26(42-29)30(37)38)36(27)16-20-9-12-39-20/h2-7,13-14,20H,8-12,16-17H2,1H3,(H,37,38). The van der Waals surface area contributed by atoms with Crippen LogP contribution in [0.15, 0.2) is 48.5 Å². The molecule has 7 rings (SSSR count). The predicted molar refractivity (Wildman–Crippen MR) is 153 cm³/mol. The second-order valence-electron chi connectivity index (χ2n) is 10.8. The van der Waals surface area contributed by atoms with Crippen molar-refractivity contribution in [2.24, 2.45) is 0 Å². The summed E-state index contributed by atoms with van der Waals surface area (Å²) in [6.45, 7) is 5.20. The molecular weight excluding hydrogens is 559 g/mol. The number of hydrogen-bond acceptors (Lipinski definition) is 8. The molecule has 4 aromatic rings. The zero-order valence-corrected chi connectivity index (χ0v) is 23.6. The Kier molecular flexibility index (Phi) is 6.50. The number of hydrogen-bond donors (Lipinski definition) is 1. The van der Waals surface area contributed by atoms with Crippen molar-refractivity contribution in [1.29, 1.82) is 5.26 Å². The molecule has 2 aromatic carbocycles. The van der Waals surface area contributed by atoms with Crippen LogP contribution >= 0.6 is 11.3 Å². The van der Waals surface area contributed by atoms with Crippen LogP contribution in [0.3, 0.4) is 0 Å². The van der Waals surface area contributed by atoms with E-state index in [2.05, 4.69) is 15.5 Å². The topological polar surface area (TPSA) is 110 Å². The summed E-state index contributed by atoms with van der Waals surface area (Å²) in [5, 5.41) is 18.6. The molecule has 2 atom stereocenters. The van der Waals surface area contributed by atoms with Crippen molar-refractivity contribution in [3.63, 3.8) is 0 Å². The largest absolute Gasteiger partial charge is 0.477 e. The molecule has 0 bridgehead atoms. The maximum Gasteiger partial charge on any atom is 0.346 e. The zero-order chi connectivity index (χ0) is 29.0. The van der Waals surface area contributed by atoms with E-state index in [1.165, 1.54) is 23.5 Å². The normalized spacial score (nSPS) is 21.6. The summed E-state index contributed by atoms with van der Waals surface area (Å²) in [7, 11) is 0. The van der Waals surface area contributed by atoms with Crippen LogP contribution in [-0.4, -0.2) is 51.3 Å². The van der Waals surface area contributed by atoms with Gasteiger partial charge in [0, 0.05) is 32.2 Å². The lowest BCUT2D eigenvalue weighted by Gasteiger charge is -2.29. The molecule has 1 saturated heterocycles. The smallest absolute Gasteiger partial charge is 0.346 e. The van der Waals surface area contributed by atoms with E-state index in [1.54, 1.807) is 19.1 Å². The molecule has 1 N–H and O–H groups in total. The number of carbonyl (C=O) groups is 1. The quantitative estimate of drug-likeness (QED) is 0.301. The van der Waals surface area contributed by atoms with Gasteiger partial charge in [0.25, 0.3) is 5.79 Å². The van der Waals surface area contributed by atoms with E-state index in [0.29, 0.717) is 31.1 Å². The summed E-state index contributed by atoms with van der Waals surface area (Å²) in [5.74, 6) is -0.828. The summed E-state index contributed by atoms with van der Waals surface area (Å²) in [6.07, 6.45) is 4.04. The number of thiophene rings is 1. The lowest BCUT2D eigenvalue weighted by molar-refractivity contribution is -0.0708. The number of ether oxygens (including phenoxy) is 3. The third-order valence-electron chi connectivity index (χ3n) is 8.09. The van der Waals surface area contributed by atoms with Crippen LogP contribution in [0.2, 0.25) is 0 Å². The summed E-state index contributed by atoms with van der Waals surface area (Å²) >= 11 is 1.20. The van der Waals surface area contributed by atoms with E-state index in [1.807, 2.05) is 24.3 Å². The maximum atomic E-state index is 14.9. The average Bonchev–Trinajstić information content (AvgIpc) is 3.62. The molecule has 0 radical (unpaired) electrons. The van der Waals surface area contributed by atoms with Gasteiger partial charge in [-0.3, -0.25) is 4.90 Å². The van der Waals surface area contributed by atoms with Crippen molar-refractivity contribution in [2.75, 3.05) is 19.7 Å². The second-order valence-corrected chi connectivity index (χ2v) is 11.9. The molecule has 11 heteroatoms. The summed E-state index contributed by atoms with van der Waals surface area (Å²) in [5.41, 5.74) is 3.34. The van der Waals surface area contributed by atoms with Crippen molar-refractivity contribution in [1.82, 2.24) is 14.5 Å². The Balaban J connectivity index is 1.10. The molecule has 42 heavy (non-hydrogen) atoms. The van der Waals surface area contributed by atoms with Crippen molar-refractivity contribution in [3.05, 3.63) is 81.7 Å². The molecule has 3 aliphatic heterocycles. The van der Waals surface area contributed by atoms with Gasteiger partial charge in [-0.05, 0) is 48.7 Å². The Hall–Kier alpha value is -4.24. The van der Waals surface area contributed by atoms with Gasteiger partial charge in [0.05, 0.1) is 41.9 Å². The van der Waals surface area contributed by atoms with E-state index >= 15 is 0 Å². The number of nitrogens with zero attached hydrogens (tertiary/aromatic N) is 4. The monoisotopic (exact) mass is 586 g/mol. The first-order valence-electron chi connectivity index (χ1n) is 13.8. The van der Waals surface area contributed by atoms with Gasteiger partial charge >= 0.3 is 5.97 Å². The first kappa shape index (κ1) is 26.6. The highest BCUT2D eigenvalue weighted by Gasteiger charge is 2.42. The van der Waals surface area contributed by atoms with Gasteiger partial charge in [-0.15, -0.1) is 11.3 Å². The second kappa shape index (κ2) is 10.2. The van der Waals surface area contributed by atoms with Crippen molar-refractivity contribution < 1.29 is 28.5 Å². The van der Waals surface area contributed by atoms with E-state index in [0.717, 1.165) is 53.3 Å². The SMILES string of the molecule is CC1(c2ccc(C#N)cc2F)Oc2cccc(C3=CCN(Cc4nc5sc(C(=O)O)cc5n4CC4CCO4)CC3)c2O1. The van der Waals surface area contributed by atoms with Crippen LogP contribution in [0.25, 0.3) is 15.9 Å². The fraction of sp³-hybridized carbons (Fsp3) is 0.323. The molecule has 0 spiro atoms. The summed E-state index contributed by atoms with van der Waals surface area (Å²) in [4.78, 5) is 19.7. The van der Waals surface area contributed by atoms with Crippen LogP contribution in [0, 0.1) is 17.1 Å². The first-order chi connectivity index (χ1) is 20.3. The maximum absolute atomic E-state index is 14.9. The van der Waals surface area contributed by atoms with E-state index in [-0.39, 0.29) is 22.1 Å². The number of carboxylic acid groups (broad SMARTS) is 1. The molecule has 2 aromatic heterocycles. The Morgan fingerprint density at radius 2 is 2.14 bits per heavy atom. The number of imidazole rings is 1. The predicted octanol–water partition coefficient (Wildman–Crippen LogP) is 5.53. The summed E-state index contributed by atoms with van der Waals surface area (Å²) < 4.78 is 35.1. The minimum absolute atomic E-state index is 0.119. The molecule has 1 fully saturated rings. The third-order valence-corrected chi connectivity index (χ3v) is 9.10. The highest BCUT2D eigenvalue weighted by Crippen LogP contribution is 2.49. The number of fused-ring (bicyclic) bond motifs is 2. The Morgan fingerprint density at radius 1 is 1.29 bits per heavy atom. The summed E-state index contributed by atoms with van der Waals surface area (Å²) in [6, 6.07) is 13.6. The van der Waals surface area contributed by atoms with Gasteiger partial charge in [0.2, 0.25) is 0 Å². The number of para-hydroxylation sites is 1. The molecule has 9 nitrogen and oxygen atoms in total. The molecule has 0 aliphatic carbocycles. The highest BCUT2D eigenvalue weighted by atomic mass is 32.1. The highest BCUT2D eigenvalue weighted by molar-refractivity contribution is 7.20. The minimum atomic E-state index is -1.35.